The van der Waals surface area contributed by atoms with Gasteiger partial charge in [-0.3, -0.25) is 4.90 Å². The number of rotatable bonds is 4. The minimum atomic E-state index is -0.176. The van der Waals surface area contributed by atoms with E-state index < -0.39 is 0 Å². The highest BCUT2D eigenvalue weighted by Crippen LogP contribution is 2.12. The van der Waals surface area contributed by atoms with E-state index >= 15 is 0 Å². The van der Waals surface area contributed by atoms with Crippen molar-refractivity contribution < 1.29 is 9.84 Å². The fourth-order valence-electron chi connectivity index (χ4n) is 1.93. The second kappa shape index (κ2) is 5.67. The van der Waals surface area contributed by atoms with Crippen LogP contribution >= 0.6 is 0 Å². The first-order valence-corrected chi connectivity index (χ1v) is 5.81. The van der Waals surface area contributed by atoms with E-state index in [0.717, 1.165) is 31.8 Å². The van der Waals surface area contributed by atoms with Gasteiger partial charge in [0, 0.05) is 19.6 Å². The number of benzene rings is 1. The normalized spacial score (nSPS) is 20.1. The summed E-state index contributed by atoms with van der Waals surface area (Å²) < 4.78 is 5.57. The fourth-order valence-corrected chi connectivity index (χ4v) is 1.93. The van der Waals surface area contributed by atoms with Gasteiger partial charge in [0.1, 0.15) is 12.4 Å². The second-order valence-corrected chi connectivity index (χ2v) is 4.23. The average Bonchev–Trinajstić information content (AvgIpc) is 2.76. The number of nitrogens with zero attached hydrogens (tertiary/aromatic N) is 2. The highest BCUT2D eigenvalue weighted by Gasteiger charge is 2.19. The predicted octanol–water partition coefficient (Wildman–Crippen LogP) is 1.00. The molecule has 4 heteroatoms. The summed E-state index contributed by atoms with van der Waals surface area (Å²) >= 11 is 0. The van der Waals surface area contributed by atoms with Crippen LogP contribution in [0.2, 0.25) is 0 Å². The molecule has 0 saturated carbocycles. The van der Waals surface area contributed by atoms with Crippen LogP contribution in [0.15, 0.2) is 24.3 Å². The van der Waals surface area contributed by atoms with Gasteiger partial charge in [0.05, 0.1) is 17.7 Å². The van der Waals surface area contributed by atoms with Crippen LogP contribution in [0.25, 0.3) is 0 Å². The van der Waals surface area contributed by atoms with Gasteiger partial charge in [-0.25, -0.2) is 0 Å². The fraction of sp³-hybridized carbons (Fsp3) is 0.462. The number of hydrogen-bond acceptors (Lipinski definition) is 4. The highest BCUT2D eigenvalue weighted by atomic mass is 16.5. The van der Waals surface area contributed by atoms with E-state index in [4.69, 9.17) is 10.00 Å². The molecule has 1 aliphatic rings. The third kappa shape index (κ3) is 3.45. The number of nitriles is 1. The molecule has 1 aromatic rings. The minimum Gasteiger partial charge on any atom is -0.492 e. The zero-order chi connectivity index (χ0) is 12.1. The van der Waals surface area contributed by atoms with Crippen LogP contribution in [0.4, 0.5) is 0 Å². The Hall–Kier alpha value is -1.57. The molecule has 17 heavy (non-hydrogen) atoms. The maximum atomic E-state index is 9.36. The molecule has 1 N–H and O–H groups in total. The Morgan fingerprint density at radius 2 is 2.18 bits per heavy atom. The molecule has 1 heterocycles. The summed E-state index contributed by atoms with van der Waals surface area (Å²) in [6.07, 6.45) is 0.682. The number of β-amino-alcohol motifs (C(OH)–C–C–N with tert-alkyl or cyclic N) is 1. The lowest BCUT2D eigenvalue weighted by Gasteiger charge is -2.15. The molecule has 1 aromatic carbocycles. The van der Waals surface area contributed by atoms with Gasteiger partial charge in [-0.05, 0) is 30.7 Å². The van der Waals surface area contributed by atoms with Crippen LogP contribution in [0, 0.1) is 11.3 Å². The monoisotopic (exact) mass is 232 g/mol. The third-order valence-corrected chi connectivity index (χ3v) is 2.91. The van der Waals surface area contributed by atoms with Crippen molar-refractivity contribution in [3.63, 3.8) is 0 Å². The molecule has 1 saturated heterocycles. The molecule has 0 aliphatic carbocycles. The molecular formula is C13H16N2O2. The molecule has 1 unspecified atom stereocenters. The minimum absolute atomic E-state index is 0.176. The first-order valence-electron chi connectivity index (χ1n) is 5.81. The van der Waals surface area contributed by atoms with E-state index in [1.807, 2.05) is 0 Å². The van der Waals surface area contributed by atoms with Crippen molar-refractivity contribution in [3.05, 3.63) is 29.8 Å². The van der Waals surface area contributed by atoms with Gasteiger partial charge in [0.15, 0.2) is 0 Å². The van der Waals surface area contributed by atoms with Crippen molar-refractivity contribution >= 4 is 0 Å². The summed E-state index contributed by atoms with van der Waals surface area (Å²) in [5.41, 5.74) is 0.639. The quantitative estimate of drug-likeness (QED) is 0.841. The Labute approximate surface area is 101 Å². The summed E-state index contributed by atoms with van der Waals surface area (Å²) in [6.45, 7) is 3.13. The molecule has 0 radical (unpaired) electrons. The van der Waals surface area contributed by atoms with Crippen LogP contribution in [0.5, 0.6) is 5.75 Å². The summed E-state index contributed by atoms with van der Waals surface area (Å²) in [7, 11) is 0. The largest absolute Gasteiger partial charge is 0.492 e. The second-order valence-electron chi connectivity index (χ2n) is 4.23. The van der Waals surface area contributed by atoms with E-state index in [0.29, 0.717) is 12.2 Å². The van der Waals surface area contributed by atoms with Crippen molar-refractivity contribution in [2.75, 3.05) is 26.2 Å². The van der Waals surface area contributed by atoms with Gasteiger partial charge in [0.25, 0.3) is 0 Å². The van der Waals surface area contributed by atoms with Crippen molar-refractivity contribution in [2.24, 2.45) is 0 Å². The molecule has 0 aromatic heterocycles. The Kier molecular flexibility index (Phi) is 3.97. The molecule has 1 fully saturated rings. The van der Waals surface area contributed by atoms with Gasteiger partial charge < -0.3 is 9.84 Å². The summed E-state index contributed by atoms with van der Waals surface area (Å²) in [4.78, 5) is 2.19. The number of aliphatic hydroxyl groups excluding tert-OH is 1. The molecule has 1 atom stereocenters. The van der Waals surface area contributed by atoms with Crippen LogP contribution in [0.1, 0.15) is 12.0 Å². The van der Waals surface area contributed by atoms with E-state index in [1.165, 1.54) is 0 Å². The van der Waals surface area contributed by atoms with Crippen molar-refractivity contribution in [1.82, 2.24) is 4.90 Å². The summed E-state index contributed by atoms with van der Waals surface area (Å²) in [5.74, 6) is 0.781. The predicted molar refractivity (Wildman–Crippen MR) is 63.7 cm³/mol. The highest BCUT2D eigenvalue weighted by molar-refractivity contribution is 5.34. The lowest BCUT2D eigenvalue weighted by Crippen LogP contribution is -2.27. The zero-order valence-electron chi connectivity index (χ0n) is 9.67. The van der Waals surface area contributed by atoms with Gasteiger partial charge >= 0.3 is 0 Å². The first-order chi connectivity index (χ1) is 8.28. The Morgan fingerprint density at radius 1 is 1.41 bits per heavy atom. The maximum Gasteiger partial charge on any atom is 0.119 e. The molecule has 1 aliphatic heterocycles. The molecule has 0 amide bonds. The SMILES string of the molecule is N#Cc1ccc(OCCN2CCC(O)C2)cc1. The van der Waals surface area contributed by atoms with E-state index in [-0.39, 0.29) is 6.10 Å². The first kappa shape index (κ1) is 11.9. The van der Waals surface area contributed by atoms with E-state index in [9.17, 15) is 5.11 Å². The van der Waals surface area contributed by atoms with Crippen LogP contribution in [-0.2, 0) is 0 Å². The van der Waals surface area contributed by atoms with Gasteiger partial charge in [-0.15, -0.1) is 0 Å². The van der Waals surface area contributed by atoms with Crippen LogP contribution < -0.4 is 4.74 Å². The third-order valence-electron chi connectivity index (χ3n) is 2.91. The van der Waals surface area contributed by atoms with Crippen LogP contribution in [-0.4, -0.2) is 42.4 Å². The summed E-state index contributed by atoms with van der Waals surface area (Å²) in [5, 5.41) is 18.0. The maximum absolute atomic E-state index is 9.36. The van der Waals surface area contributed by atoms with Gasteiger partial charge in [-0.1, -0.05) is 0 Å². The van der Waals surface area contributed by atoms with E-state index in [1.54, 1.807) is 24.3 Å². The van der Waals surface area contributed by atoms with Gasteiger partial charge in [-0.2, -0.15) is 5.26 Å². The Bertz CT molecular complexity index is 397. The molecule has 0 bridgehead atoms. The van der Waals surface area contributed by atoms with E-state index in [2.05, 4.69) is 11.0 Å². The lowest BCUT2D eigenvalue weighted by molar-refractivity contribution is 0.167. The zero-order valence-corrected chi connectivity index (χ0v) is 9.67. The number of hydrogen-bond donors (Lipinski definition) is 1. The van der Waals surface area contributed by atoms with Gasteiger partial charge in [0.2, 0.25) is 0 Å². The lowest BCUT2D eigenvalue weighted by atomic mass is 10.2. The number of likely N-dealkylation sites (tertiary alicyclic amines) is 1. The van der Waals surface area contributed by atoms with Crippen LogP contribution in [0.3, 0.4) is 0 Å². The standard InChI is InChI=1S/C13H16N2O2/c14-9-11-1-3-13(4-2-11)17-8-7-15-6-5-12(16)10-15/h1-4,12,16H,5-8,10H2. The van der Waals surface area contributed by atoms with Crippen molar-refractivity contribution in [3.8, 4) is 11.8 Å². The molecule has 2 rings (SSSR count). The summed E-state index contributed by atoms with van der Waals surface area (Å²) in [6, 6.07) is 9.16. The molecular weight excluding hydrogens is 216 g/mol. The van der Waals surface area contributed by atoms with Crippen molar-refractivity contribution in [1.29, 1.82) is 5.26 Å². The smallest absolute Gasteiger partial charge is 0.119 e. The number of ether oxygens (including phenoxy) is 1. The molecule has 0 spiro atoms. The van der Waals surface area contributed by atoms with Crippen molar-refractivity contribution in [2.45, 2.75) is 12.5 Å². The molecule has 4 nitrogen and oxygen atoms in total. The Morgan fingerprint density at radius 3 is 2.76 bits per heavy atom. The average molecular weight is 232 g/mol. The topological polar surface area (TPSA) is 56.5 Å². The number of aliphatic hydroxyl groups is 1. The Balaban J connectivity index is 1.73. The molecule has 90 valence electrons.